The fourth-order valence-corrected chi connectivity index (χ4v) is 4.12. The van der Waals surface area contributed by atoms with Crippen molar-refractivity contribution in [2.24, 2.45) is 0 Å². The Kier molecular flexibility index (Phi) is 6.94. The SMILES string of the molecule is N#Cc1ccc(CN(Cc2ccc(C(=O)N3CCCC3)cc2)Cc2cccc(F)c2)cc1. The molecule has 5 heteroatoms. The molecule has 0 N–H and O–H groups in total. The third-order valence-corrected chi connectivity index (χ3v) is 5.78. The topological polar surface area (TPSA) is 47.3 Å². The van der Waals surface area contributed by atoms with Crippen molar-refractivity contribution in [2.75, 3.05) is 13.1 Å². The van der Waals surface area contributed by atoms with Crippen LogP contribution in [-0.2, 0) is 19.6 Å². The molecule has 162 valence electrons. The van der Waals surface area contributed by atoms with Gasteiger partial charge in [0.15, 0.2) is 0 Å². The maximum atomic E-state index is 13.7. The lowest BCUT2D eigenvalue weighted by molar-refractivity contribution is 0.0793. The van der Waals surface area contributed by atoms with Crippen molar-refractivity contribution in [3.05, 3.63) is 106 Å². The van der Waals surface area contributed by atoms with Crippen molar-refractivity contribution in [1.29, 1.82) is 5.26 Å². The zero-order chi connectivity index (χ0) is 22.3. The molecule has 0 bridgehead atoms. The molecule has 0 aromatic heterocycles. The summed E-state index contributed by atoms with van der Waals surface area (Å²) >= 11 is 0. The monoisotopic (exact) mass is 427 g/mol. The van der Waals surface area contributed by atoms with Gasteiger partial charge in [-0.15, -0.1) is 0 Å². The van der Waals surface area contributed by atoms with Gasteiger partial charge in [0.2, 0.25) is 0 Å². The van der Waals surface area contributed by atoms with E-state index in [2.05, 4.69) is 11.0 Å². The van der Waals surface area contributed by atoms with Crippen LogP contribution in [0.25, 0.3) is 0 Å². The molecule has 1 saturated heterocycles. The third-order valence-electron chi connectivity index (χ3n) is 5.78. The summed E-state index contributed by atoms with van der Waals surface area (Å²) in [6.45, 7) is 3.59. The summed E-state index contributed by atoms with van der Waals surface area (Å²) in [5.74, 6) is -0.145. The van der Waals surface area contributed by atoms with Crippen LogP contribution in [0.5, 0.6) is 0 Å². The lowest BCUT2D eigenvalue weighted by Crippen LogP contribution is -2.27. The molecular weight excluding hydrogens is 401 g/mol. The molecular formula is C27H26FN3O. The van der Waals surface area contributed by atoms with E-state index < -0.39 is 0 Å². The standard InChI is InChI=1S/C27H26FN3O/c28-26-5-3-4-24(16-26)20-30(18-22-8-6-21(17-29)7-9-22)19-23-10-12-25(13-11-23)27(32)31-14-1-2-15-31/h3-13,16H,1-2,14-15,18-20H2. The number of hydrogen-bond acceptors (Lipinski definition) is 3. The first-order chi connectivity index (χ1) is 15.6. The molecule has 1 aliphatic heterocycles. The van der Waals surface area contributed by atoms with Gasteiger partial charge in [-0.1, -0.05) is 36.4 Å². The van der Waals surface area contributed by atoms with E-state index in [1.165, 1.54) is 6.07 Å². The van der Waals surface area contributed by atoms with E-state index in [0.29, 0.717) is 25.2 Å². The molecule has 32 heavy (non-hydrogen) atoms. The highest BCUT2D eigenvalue weighted by Crippen LogP contribution is 2.18. The van der Waals surface area contributed by atoms with E-state index in [1.807, 2.05) is 59.5 Å². The predicted molar refractivity (Wildman–Crippen MR) is 122 cm³/mol. The summed E-state index contributed by atoms with van der Waals surface area (Å²) in [5, 5.41) is 9.03. The number of nitrogens with zero attached hydrogens (tertiary/aromatic N) is 3. The van der Waals surface area contributed by atoms with Gasteiger partial charge in [0.25, 0.3) is 5.91 Å². The molecule has 4 rings (SSSR count). The second kappa shape index (κ2) is 10.2. The molecule has 4 nitrogen and oxygen atoms in total. The van der Waals surface area contributed by atoms with Crippen LogP contribution in [0.1, 0.15) is 45.5 Å². The normalized spacial score (nSPS) is 13.3. The zero-order valence-electron chi connectivity index (χ0n) is 18.0. The summed E-state index contributed by atoms with van der Waals surface area (Å²) in [6, 6.07) is 24.1. The van der Waals surface area contributed by atoms with Crippen molar-refractivity contribution < 1.29 is 9.18 Å². The fraction of sp³-hybridized carbons (Fsp3) is 0.259. The summed E-state index contributed by atoms with van der Waals surface area (Å²) in [6.07, 6.45) is 2.16. The number of carbonyl (C=O) groups is 1. The number of amides is 1. The van der Waals surface area contributed by atoms with Crippen molar-refractivity contribution in [3.8, 4) is 6.07 Å². The number of nitriles is 1. The molecule has 1 amide bonds. The largest absolute Gasteiger partial charge is 0.339 e. The Balaban J connectivity index is 1.49. The quantitative estimate of drug-likeness (QED) is 0.525. The Bertz CT molecular complexity index is 1100. The summed E-state index contributed by atoms with van der Waals surface area (Å²) in [5.41, 5.74) is 4.43. The van der Waals surface area contributed by atoms with Crippen LogP contribution in [0, 0.1) is 17.1 Å². The van der Waals surface area contributed by atoms with Gasteiger partial charge in [-0.25, -0.2) is 4.39 Å². The number of rotatable bonds is 7. The van der Waals surface area contributed by atoms with Gasteiger partial charge in [-0.2, -0.15) is 5.26 Å². The minimum absolute atomic E-state index is 0.100. The van der Waals surface area contributed by atoms with Crippen molar-refractivity contribution in [2.45, 2.75) is 32.5 Å². The average molecular weight is 428 g/mol. The number of hydrogen-bond donors (Lipinski definition) is 0. The van der Waals surface area contributed by atoms with Crippen LogP contribution in [-0.4, -0.2) is 28.8 Å². The first kappa shape index (κ1) is 21.7. The number of halogens is 1. The highest BCUT2D eigenvalue weighted by atomic mass is 19.1. The van der Waals surface area contributed by atoms with E-state index in [0.717, 1.165) is 48.2 Å². The fourth-order valence-electron chi connectivity index (χ4n) is 4.12. The Labute approximate surface area is 188 Å². The lowest BCUT2D eigenvalue weighted by atomic mass is 10.1. The van der Waals surface area contributed by atoms with E-state index in [1.54, 1.807) is 12.1 Å². The van der Waals surface area contributed by atoms with Crippen LogP contribution in [0.3, 0.4) is 0 Å². The molecule has 0 atom stereocenters. The van der Waals surface area contributed by atoms with Crippen LogP contribution in [0.15, 0.2) is 72.8 Å². The molecule has 1 heterocycles. The number of carbonyl (C=O) groups excluding carboxylic acids is 1. The predicted octanol–water partition coefficient (Wildman–Crippen LogP) is 5.14. The summed E-state index contributed by atoms with van der Waals surface area (Å²) in [4.78, 5) is 16.7. The Hall–Kier alpha value is -3.49. The van der Waals surface area contributed by atoms with Crippen molar-refractivity contribution >= 4 is 5.91 Å². The molecule has 1 fully saturated rings. The molecule has 3 aromatic carbocycles. The minimum Gasteiger partial charge on any atom is -0.339 e. The molecule has 0 spiro atoms. The second-order valence-corrected chi connectivity index (χ2v) is 8.28. The van der Waals surface area contributed by atoms with Crippen molar-refractivity contribution in [3.63, 3.8) is 0 Å². The maximum absolute atomic E-state index is 13.7. The first-order valence-electron chi connectivity index (χ1n) is 10.9. The third kappa shape index (κ3) is 5.60. The van der Waals surface area contributed by atoms with Gasteiger partial charge >= 0.3 is 0 Å². The van der Waals surface area contributed by atoms with Crippen LogP contribution in [0.4, 0.5) is 4.39 Å². The highest BCUT2D eigenvalue weighted by Gasteiger charge is 2.19. The lowest BCUT2D eigenvalue weighted by Gasteiger charge is -2.23. The van der Waals surface area contributed by atoms with E-state index in [-0.39, 0.29) is 11.7 Å². The first-order valence-corrected chi connectivity index (χ1v) is 10.9. The molecule has 0 aliphatic carbocycles. The minimum atomic E-state index is -0.245. The van der Waals surface area contributed by atoms with E-state index >= 15 is 0 Å². The summed E-state index contributed by atoms with van der Waals surface area (Å²) < 4.78 is 13.7. The van der Waals surface area contributed by atoms with Crippen LogP contribution >= 0.6 is 0 Å². The average Bonchev–Trinajstić information content (AvgIpc) is 3.35. The highest BCUT2D eigenvalue weighted by molar-refractivity contribution is 5.94. The van der Waals surface area contributed by atoms with Gasteiger partial charge in [-0.05, 0) is 65.9 Å². The second-order valence-electron chi connectivity index (χ2n) is 8.28. The van der Waals surface area contributed by atoms with Gasteiger partial charge in [0.1, 0.15) is 5.82 Å². The van der Waals surface area contributed by atoms with Gasteiger partial charge in [0.05, 0.1) is 11.6 Å². The zero-order valence-corrected chi connectivity index (χ0v) is 18.0. The molecule has 0 radical (unpaired) electrons. The summed E-state index contributed by atoms with van der Waals surface area (Å²) in [7, 11) is 0. The van der Waals surface area contributed by atoms with Crippen molar-refractivity contribution in [1.82, 2.24) is 9.80 Å². The molecule has 1 aliphatic rings. The molecule has 0 unspecified atom stereocenters. The molecule has 0 saturated carbocycles. The Morgan fingerprint density at radius 1 is 0.875 bits per heavy atom. The number of benzene rings is 3. The van der Waals surface area contributed by atoms with E-state index in [4.69, 9.17) is 5.26 Å². The Morgan fingerprint density at radius 2 is 1.47 bits per heavy atom. The molecule has 3 aromatic rings. The van der Waals surface area contributed by atoms with Crippen LogP contribution < -0.4 is 0 Å². The Morgan fingerprint density at radius 3 is 2.06 bits per heavy atom. The van der Waals surface area contributed by atoms with Gasteiger partial charge in [0, 0.05) is 38.3 Å². The smallest absolute Gasteiger partial charge is 0.253 e. The van der Waals surface area contributed by atoms with Crippen LogP contribution in [0.2, 0.25) is 0 Å². The van der Waals surface area contributed by atoms with E-state index in [9.17, 15) is 9.18 Å². The maximum Gasteiger partial charge on any atom is 0.253 e. The number of likely N-dealkylation sites (tertiary alicyclic amines) is 1. The van der Waals surface area contributed by atoms with Gasteiger partial charge < -0.3 is 4.90 Å². The van der Waals surface area contributed by atoms with Gasteiger partial charge in [-0.3, -0.25) is 9.69 Å².